The van der Waals surface area contributed by atoms with Crippen LogP contribution in [0.25, 0.3) is 0 Å². The predicted octanol–water partition coefficient (Wildman–Crippen LogP) is 3.79. The Hall–Kier alpha value is -0.930. The van der Waals surface area contributed by atoms with Crippen molar-refractivity contribution in [3.8, 4) is 0 Å². The SMILES string of the molecule is Cc1occc1Sc1ccnc(Cl)c1. The third-order valence-electron chi connectivity index (χ3n) is 1.74. The fraction of sp³-hybridized carbons (Fsp3) is 0.100. The fourth-order valence-electron chi connectivity index (χ4n) is 1.05. The average molecular weight is 226 g/mol. The van der Waals surface area contributed by atoms with Crippen molar-refractivity contribution in [3.63, 3.8) is 0 Å². The van der Waals surface area contributed by atoms with Gasteiger partial charge in [-0.25, -0.2) is 4.98 Å². The number of halogens is 1. The molecule has 2 heterocycles. The third-order valence-corrected chi connectivity index (χ3v) is 3.08. The first-order valence-electron chi connectivity index (χ1n) is 4.09. The Balaban J connectivity index is 2.23. The first-order chi connectivity index (χ1) is 6.75. The number of pyridine rings is 1. The molecule has 0 N–H and O–H groups in total. The number of hydrogen-bond acceptors (Lipinski definition) is 3. The Labute approximate surface area is 91.3 Å². The van der Waals surface area contributed by atoms with Gasteiger partial charge in [-0.05, 0) is 25.1 Å². The number of aromatic nitrogens is 1. The highest BCUT2D eigenvalue weighted by Crippen LogP contribution is 2.31. The normalized spacial score (nSPS) is 10.4. The van der Waals surface area contributed by atoms with Gasteiger partial charge >= 0.3 is 0 Å². The van der Waals surface area contributed by atoms with Crippen molar-refractivity contribution in [3.05, 3.63) is 41.6 Å². The second-order valence-corrected chi connectivity index (χ2v) is 4.26. The second kappa shape index (κ2) is 4.07. The van der Waals surface area contributed by atoms with Crippen molar-refractivity contribution < 1.29 is 4.42 Å². The number of aryl methyl sites for hydroxylation is 1. The quantitative estimate of drug-likeness (QED) is 0.728. The van der Waals surface area contributed by atoms with Crippen molar-refractivity contribution in [2.24, 2.45) is 0 Å². The van der Waals surface area contributed by atoms with Gasteiger partial charge in [0.15, 0.2) is 0 Å². The van der Waals surface area contributed by atoms with Gasteiger partial charge in [-0.15, -0.1) is 0 Å². The van der Waals surface area contributed by atoms with Crippen LogP contribution >= 0.6 is 23.4 Å². The van der Waals surface area contributed by atoms with E-state index in [4.69, 9.17) is 16.0 Å². The summed E-state index contributed by atoms with van der Waals surface area (Å²) in [7, 11) is 0. The summed E-state index contributed by atoms with van der Waals surface area (Å²) >= 11 is 7.39. The topological polar surface area (TPSA) is 26.0 Å². The Kier molecular flexibility index (Phi) is 2.79. The van der Waals surface area contributed by atoms with Crippen molar-refractivity contribution in [2.75, 3.05) is 0 Å². The zero-order valence-electron chi connectivity index (χ0n) is 7.53. The number of furan rings is 1. The van der Waals surface area contributed by atoms with E-state index in [1.54, 1.807) is 24.2 Å². The summed E-state index contributed by atoms with van der Waals surface area (Å²) < 4.78 is 5.20. The van der Waals surface area contributed by atoms with E-state index in [1.165, 1.54) is 0 Å². The van der Waals surface area contributed by atoms with Crippen LogP contribution in [0, 0.1) is 6.92 Å². The maximum Gasteiger partial charge on any atom is 0.130 e. The lowest BCUT2D eigenvalue weighted by molar-refractivity contribution is 0.527. The van der Waals surface area contributed by atoms with Crippen LogP contribution < -0.4 is 0 Å². The van der Waals surface area contributed by atoms with E-state index in [9.17, 15) is 0 Å². The summed E-state index contributed by atoms with van der Waals surface area (Å²) in [6, 6.07) is 5.69. The van der Waals surface area contributed by atoms with Gasteiger partial charge in [0.1, 0.15) is 10.9 Å². The minimum absolute atomic E-state index is 0.510. The van der Waals surface area contributed by atoms with E-state index in [2.05, 4.69) is 4.98 Å². The molecular weight excluding hydrogens is 218 g/mol. The molecule has 0 unspecified atom stereocenters. The highest BCUT2D eigenvalue weighted by atomic mass is 35.5. The van der Waals surface area contributed by atoms with E-state index in [0.29, 0.717) is 5.15 Å². The molecule has 0 bridgehead atoms. The Morgan fingerprint density at radius 1 is 1.43 bits per heavy atom. The van der Waals surface area contributed by atoms with Crippen molar-refractivity contribution >= 4 is 23.4 Å². The molecule has 2 aromatic heterocycles. The third kappa shape index (κ3) is 2.11. The molecule has 4 heteroatoms. The van der Waals surface area contributed by atoms with Crippen molar-refractivity contribution in [1.29, 1.82) is 0 Å². The molecule has 0 saturated carbocycles. The standard InChI is InChI=1S/C10H8ClNOS/c1-7-9(3-5-13-7)14-8-2-4-12-10(11)6-8/h2-6H,1H3. The molecule has 0 aromatic carbocycles. The molecule has 0 saturated heterocycles. The van der Waals surface area contributed by atoms with Gasteiger partial charge in [0, 0.05) is 11.1 Å². The summed E-state index contributed by atoms with van der Waals surface area (Å²) in [6.45, 7) is 1.94. The van der Waals surface area contributed by atoms with Gasteiger partial charge in [0.2, 0.25) is 0 Å². The molecule has 0 atom stereocenters. The summed E-state index contributed by atoms with van der Waals surface area (Å²) in [5, 5.41) is 0.510. The van der Waals surface area contributed by atoms with Gasteiger partial charge < -0.3 is 4.42 Å². The Bertz CT molecular complexity index is 441. The van der Waals surface area contributed by atoms with Crippen LogP contribution in [0.15, 0.2) is 44.9 Å². The second-order valence-electron chi connectivity index (χ2n) is 2.76. The van der Waals surface area contributed by atoms with Crippen molar-refractivity contribution in [2.45, 2.75) is 16.7 Å². The summed E-state index contributed by atoms with van der Waals surface area (Å²) in [5.74, 6) is 0.919. The Morgan fingerprint density at radius 2 is 2.29 bits per heavy atom. The zero-order chi connectivity index (χ0) is 9.97. The number of nitrogens with zero attached hydrogens (tertiary/aromatic N) is 1. The van der Waals surface area contributed by atoms with Gasteiger partial charge in [-0.3, -0.25) is 0 Å². The number of rotatable bonds is 2. The van der Waals surface area contributed by atoms with E-state index < -0.39 is 0 Å². The van der Waals surface area contributed by atoms with Crippen molar-refractivity contribution in [1.82, 2.24) is 4.98 Å². The fourth-order valence-corrected chi connectivity index (χ4v) is 2.16. The minimum atomic E-state index is 0.510. The van der Waals surface area contributed by atoms with Crippen LogP contribution in [0.4, 0.5) is 0 Å². The minimum Gasteiger partial charge on any atom is -0.468 e. The highest BCUT2D eigenvalue weighted by molar-refractivity contribution is 7.99. The van der Waals surface area contributed by atoms with Gasteiger partial charge in [-0.1, -0.05) is 23.4 Å². The van der Waals surface area contributed by atoms with Gasteiger partial charge in [0.05, 0.1) is 11.2 Å². The Morgan fingerprint density at radius 3 is 2.93 bits per heavy atom. The lowest BCUT2D eigenvalue weighted by Crippen LogP contribution is -1.76. The first-order valence-corrected chi connectivity index (χ1v) is 5.28. The van der Waals surface area contributed by atoms with E-state index in [1.807, 2.05) is 25.1 Å². The van der Waals surface area contributed by atoms with Crippen LogP contribution in [0.3, 0.4) is 0 Å². The molecule has 14 heavy (non-hydrogen) atoms. The van der Waals surface area contributed by atoms with Crippen LogP contribution in [-0.2, 0) is 0 Å². The molecule has 0 aliphatic carbocycles. The smallest absolute Gasteiger partial charge is 0.130 e. The molecule has 2 rings (SSSR count). The van der Waals surface area contributed by atoms with Crippen LogP contribution in [0.5, 0.6) is 0 Å². The molecule has 72 valence electrons. The lowest BCUT2D eigenvalue weighted by atomic mass is 10.5. The molecule has 0 fully saturated rings. The predicted molar refractivity (Wildman–Crippen MR) is 56.8 cm³/mol. The highest BCUT2D eigenvalue weighted by Gasteiger charge is 2.03. The van der Waals surface area contributed by atoms with Crippen LogP contribution in [0.1, 0.15) is 5.76 Å². The summed E-state index contributed by atoms with van der Waals surface area (Å²) in [5.41, 5.74) is 0. The molecule has 0 spiro atoms. The molecule has 2 nitrogen and oxygen atoms in total. The molecule has 0 aliphatic rings. The summed E-state index contributed by atoms with van der Waals surface area (Å²) in [4.78, 5) is 6.09. The average Bonchev–Trinajstić information content (AvgIpc) is 2.52. The molecular formula is C10H8ClNOS. The maximum atomic E-state index is 5.78. The van der Waals surface area contributed by atoms with Crippen LogP contribution in [-0.4, -0.2) is 4.98 Å². The molecule has 0 aliphatic heterocycles. The largest absolute Gasteiger partial charge is 0.468 e. The first kappa shape index (κ1) is 9.62. The number of hydrogen-bond donors (Lipinski definition) is 0. The molecule has 2 aromatic rings. The molecule has 0 amide bonds. The summed E-state index contributed by atoms with van der Waals surface area (Å²) in [6.07, 6.45) is 3.38. The van der Waals surface area contributed by atoms with E-state index >= 15 is 0 Å². The van der Waals surface area contributed by atoms with E-state index in [-0.39, 0.29) is 0 Å². The zero-order valence-corrected chi connectivity index (χ0v) is 9.10. The van der Waals surface area contributed by atoms with Crippen LogP contribution in [0.2, 0.25) is 5.15 Å². The van der Waals surface area contributed by atoms with E-state index in [0.717, 1.165) is 15.6 Å². The van der Waals surface area contributed by atoms with Gasteiger partial charge in [0.25, 0.3) is 0 Å². The lowest BCUT2D eigenvalue weighted by Gasteiger charge is -1.99. The van der Waals surface area contributed by atoms with Gasteiger partial charge in [-0.2, -0.15) is 0 Å². The maximum absolute atomic E-state index is 5.78. The monoisotopic (exact) mass is 225 g/mol. The molecule has 0 radical (unpaired) electrons.